The average Bonchev–Trinajstić information content (AvgIpc) is 2.25. The zero-order chi connectivity index (χ0) is 15.6. The van der Waals surface area contributed by atoms with Crippen molar-refractivity contribution in [2.75, 3.05) is 0 Å². The molecule has 0 saturated carbocycles. The zero-order valence-electron chi connectivity index (χ0n) is 9.92. The highest BCUT2D eigenvalue weighted by atomic mass is 19.4. The third-order valence-corrected chi connectivity index (χ3v) is 2.37. The Kier molecular flexibility index (Phi) is 4.74. The van der Waals surface area contributed by atoms with Crippen LogP contribution in [0, 0.1) is 0 Å². The van der Waals surface area contributed by atoms with Gasteiger partial charge in [0.2, 0.25) is 0 Å². The molecule has 0 aliphatic heterocycles. The van der Waals surface area contributed by atoms with Crippen LogP contribution in [-0.4, -0.2) is 17.6 Å². The fraction of sp³-hybridized carbons (Fsp3) is 0.455. The van der Waals surface area contributed by atoms with Gasteiger partial charge in [0.05, 0.1) is 0 Å². The lowest BCUT2D eigenvalue weighted by molar-refractivity contribution is -0.274. The lowest BCUT2D eigenvalue weighted by Crippen LogP contribution is -2.18. The maximum absolute atomic E-state index is 12.0. The molecule has 1 atom stereocenters. The average molecular weight is 303 g/mol. The van der Waals surface area contributed by atoms with Crippen LogP contribution in [-0.2, 0) is 0 Å². The molecule has 0 aliphatic carbocycles. The number of halogens is 6. The molecule has 20 heavy (non-hydrogen) atoms. The summed E-state index contributed by atoms with van der Waals surface area (Å²) in [5.74, 6) is -1.15. The molecule has 3 nitrogen and oxygen atoms in total. The Morgan fingerprint density at radius 1 is 1.15 bits per heavy atom. The summed E-state index contributed by atoms with van der Waals surface area (Å²) in [6.07, 6.45) is -11.2. The third-order valence-electron chi connectivity index (χ3n) is 2.37. The summed E-state index contributed by atoms with van der Waals surface area (Å²) in [5.41, 5.74) is 5.20. The molecule has 0 spiro atoms. The molecule has 9 heteroatoms. The zero-order valence-corrected chi connectivity index (χ0v) is 9.92. The smallest absolute Gasteiger partial charge is 0.508 e. The minimum atomic E-state index is -4.94. The summed E-state index contributed by atoms with van der Waals surface area (Å²) in [4.78, 5) is 0. The van der Waals surface area contributed by atoms with E-state index in [4.69, 9.17) is 5.73 Å². The van der Waals surface area contributed by atoms with E-state index in [0.717, 1.165) is 18.2 Å². The van der Waals surface area contributed by atoms with Gasteiger partial charge in [-0.25, -0.2) is 0 Å². The highest BCUT2D eigenvalue weighted by Crippen LogP contribution is 2.34. The number of benzene rings is 1. The van der Waals surface area contributed by atoms with Gasteiger partial charge in [-0.3, -0.25) is 0 Å². The summed E-state index contributed by atoms with van der Waals surface area (Å²) in [6.45, 7) is 0. The molecule has 0 unspecified atom stereocenters. The van der Waals surface area contributed by atoms with Crippen molar-refractivity contribution in [3.8, 4) is 11.5 Å². The number of phenolic OH excluding ortho intramolecular Hbond substituents is 1. The van der Waals surface area contributed by atoms with Crippen molar-refractivity contribution in [2.45, 2.75) is 31.4 Å². The van der Waals surface area contributed by atoms with Crippen molar-refractivity contribution >= 4 is 0 Å². The van der Waals surface area contributed by atoms with E-state index in [2.05, 4.69) is 4.74 Å². The Morgan fingerprint density at radius 2 is 1.75 bits per heavy atom. The van der Waals surface area contributed by atoms with Crippen LogP contribution >= 0.6 is 0 Å². The number of alkyl halides is 6. The molecule has 0 bridgehead atoms. The first kappa shape index (κ1) is 16.4. The molecule has 1 aromatic carbocycles. The first-order valence-corrected chi connectivity index (χ1v) is 5.39. The molecule has 0 radical (unpaired) electrons. The molecule has 0 aromatic heterocycles. The molecule has 1 rings (SSSR count). The van der Waals surface area contributed by atoms with Crippen LogP contribution in [0.15, 0.2) is 18.2 Å². The molecule has 0 amide bonds. The largest absolute Gasteiger partial charge is 0.573 e. The van der Waals surface area contributed by atoms with E-state index < -0.39 is 42.9 Å². The summed E-state index contributed by atoms with van der Waals surface area (Å²) in [6, 6.07) is 1.23. The van der Waals surface area contributed by atoms with Crippen LogP contribution in [0.3, 0.4) is 0 Å². The normalized spacial score (nSPS) is 14.2. The first-order chi connectivity index (χ1) is 8.98. The third kappa shape index (κ3) is 5.55. The molecule has 1 aromatic rings. The summed E-state index contributed by atoms with van der Waals surface area (Å²) in [7, 11) is 0. The number of hydrogen-bond acceptors (Lipinski definition) is 3. The molecular weight excluding hydrogens is 292 g/mol. The highest BCUT2D eigenvalue weighted by molar-refractivity contribution is 5.41. The SMILES string of the molecule is N[C@H](CCC(F)(F)F)c1cc(OC(F)(F)F)ccc1O. The number of ether oxygens (including phenoxy) is 1. The Morgan fingerprint density at radius 3 is 2.25 bits per heavy atom. The molecule has 0 fully saturated rings. The van der Waals surface area contributed by atoms with Gasteiger partial charge in [0.15, 0.2) is 0 Å². The Labute approximate surface area is 109 Å². The predicted molar refractivity (Wildman–Crippen MR) is 57.0 cm³/mol. The number of rotatable bonds is 4. The van der Waals surface area contributed by atoms with Gasteiger partial charge in [-0.1, -0.05) is 0 Å². The minimum Gasteiger partial charge on any atom is -0.508 e. The van der Waals surface area contributed by atoms with E-state index in [1.54, 1.807) is 0 Å². The molecule has 3 N–H and O–H groups in total. The Hall–Kier alpha value is -1.64. The standard InChI is InChI=1S/C11H11F6NO2/c12-10(13,14)4-3-8(18)7-5-6(1-2-9(7)19)20-11(15,16)17/h1-2,5,8,19H,3-4,18H2/t8-/m1/s1. The Balaban J connectivity index is 2.85. The van der Waals surface area contributed by atoms with E-state index in [-0.39, 0.29) is 5.56 Å². The van der Waals surface area contributed by atoms with Crippen LogP contribution < -0.4 is 10.5 Å². The second kappa shape index (κ2) is 5.78. The quantitative estimate of drug-likeness (QED) is 0.835. The summed E-state index contributed by atoms with van der Waals surface area (Å²) >= 11 is 0. The molecule has 114 valence electrons. The van der Waals surface area contributed by atoms with Gasteiger partial charge >= 0.3 is 12.5 Å². The second-order valence-electron chi connectivity index (χ2n) is 4.03. The molecule has 0 saturated heterocycles. The second-order valence-corrected chi connectivity index (χ2v) is 4.03. The van der Waals surface area contributed by atoms with Crippen LogP contribution in [0.5, 0.6) is 11.5 Å². The van der Waals surface area contributed by atoms with E-state index in [1.165, 1.54) is 0 Å². The summed E-state index contributed by atoms with van der Waals surface area (Å²) in [5, 5.41) is 9.44. The van der Waals surface area contributed by atoms with Gasteiger partial charge < -0.3 is 15.6 Å². The van der Waals surface area contributed by atoms with E-state index in [0.29, 0.717) is 0 Å². The van der Waals surface area contributed by atoms with Crippen molar-refractivity contribution in [2.24, 2.45) is 5.73 Å². The van der Waals surface area contributed by atoms with E-state index in [1.807, 2.05) is 0 Å². The fourth-order valence-corrected chi connectivity index (χ4v) is 1.50. The Bertz CT molecular complexity index is 457. The predicted octanol–water partition coefficient (Wildman–Crippen LogP) is 3.63. The minimum absolute atomic E-state index is 0.240. The first-order valence-electron chi connectivity index (χ1n) is 5.39. The van der Waals surface area contributed by atoms with Crippen molar-refractivity contribution in [3.05, 3.63) is 23.8 Å². The molecular formula is C11H11F6NO2. The number of hydrogen-bond donors (Lipinski definition) is 2. The molecule has 0 heterocycles. The van der Waals surface area contributed by atoms with Gasteiger partial charge in [0.25, 0.3) is 0 Å². The molecule has 0 aliphatic rings. The lowest BCUT2D eigenvalue weighted by Gasteiger charge is -2.16. The van der Waals surface area contributed by atoms with Crippen molar-refractivity contribution in [1.29, 1.82) is 0 Å². The van der Waals surface area contributed by atoms with Gasteiger partial charge in [0.1, 0.15) is 11.5 Å². The number of nitrogens with two attached hydrogens (primary N) is 1. The van der Waals surface area contributed by atoms with Crippen LogP contribution in [0.4, 0.5) is 26.3 Å². The van der Waals surface area contributed by atoms with Gasteiger partial charge in [-0.05, 0) is 24.6 Å². The van der Waals surface area contributed by atoms with Crippen molar-refractivity contribution < 1.29 is 36.2 Å². The van der Waals surface area contributed by atoms with Gasteiger partial charge in [0, 0.05) is 18.0 Å². The van der Waals surface area contributed by atoms with Crippen LogP contribution in [0.1, 0.15) is 24.4 Å². The van der Waals surface area contributed by atoms with Crippen molar-refractivity contribution in [1.82, 2.24) is 0 Å². The summed E-state index contributed by atoms with van der Waals surface area (Å²) < 4.78 is 75.8. The maximum atomic E-state index is 12.0. The number of aromatic hydroxyl groups is 1. The van der Waals surface area contributed by atoms with Gasteiger partial charge in [-0.15, -0.1) is 13.2 Å². The fourth-order valence-electron chi connectivity index (χ4n) is 1.50. The monoisotopic (exact) mass is 303 g/mol. The van der Waals surface area contributed by atoms with Gasteiger partial charge in [-0.2, -0.15) is 13.2 Å². The van der Waals surface area contributed by atoms with E-state index in [9.17, 15) is 31.4 Å². The lowest BCUT2D eigenvalue weighted by atomic mass is 10.0. The topological polar surface area (TPSA) is 55.5 Å². The van der Waals surface area contributed by atoms with Crippen molar-refractivity contribution in [3.63, 3.8) is 0 Å². The highest BCUT2D eigenvalue weighted by Gasteiger charge is 2.32. The van der Waals surface area contributed by atoms with Crippen LogP contribution in [0.25, 0.3) is 0 Å². The van der Waals surface area contributed by atoms with Crippen LogP contribution in [0.2, 0.25) is 0 Å². The number of phenols is 1. The van der Waals surface area contributed by atoms with E-state index >= 15 is 0 Å². The maximum Gasteiger partial charge on any atom is 0.573 e.